The molecule has 1 saturated heterocycles. The van der Waals surface area contributed by atoms with Gasteiger partial charge in [-0.2, -0.15) is 5.10 Å². The molecule has 0 aromatic heterocycles. The van der Waals surface area contributed by atoms with Crippen molar-refractivity contribution in [2.24, 2.45) is 5.10 Å². The summed E-state index contributed by atoms with van der Waals surface area (Å²) in [6.45, 7) is 9.70. The Labute approximate surface area is 216 Å². The Balaban J connectivity index is 1.21. The molecular weight excluding hydrogens is 476 g/mol. The highest BCUT2D eigenvalue weighted by molar-refractivity contribution is 6.32. The summed E-state index contributed by atoms with van der Waals surface area (Å²) in [5.41, 5.74) is 7.24. The van der Waals surface area contributed by atoms with Crippen LogP contribution in [0.2, 0.25) is 5.02 Å². The summed E-state index contributed by atoms with van der Waals surface area (Å²) in [7, 11) is 0. The van der Waals surface area contributed by atoms with Gasteiger partial charge in [0.25, 0.3) is 5.91 Å². The molecule has 0 spiro atoms. The molecule has 3 aromatic carbocycles. The van der Waals surface area contributed by atoms with Crippen LogP contribution in [-0.4, -0.2) is 61.5 Å². The van der Waals surface area contributed by atoms with Crippen molar-refractivity contribution in [1.29, 1.82) is 0 Å². The Morgan fingerprint density at radius 2 is 1.89 bits per heavy atom. The van der Waals surface area contributed by atoms with E-state index < -0.39 is 5.91 Å². The Kier molecular flexibility index (Phi) is 8.46. The van der Waals surface area contributed by atoms with Gasteiger partial charge < -0.3 is 14.7 Å². The van der Waals surface area contributed by atoms with E-state index in [1.165, 1.54) is 29.4 Å². The highest BCUT2D eigenvalue weighted by Crippen LogP contribution is 2.23. The van der Waals surface area contributed by atoms with E-state index in [1.54, 1.807) is 6.21 Å². The fourth-order valence-corrected chi connectivity index (χ4v) is 4.28. The van der Waals surface area contributed by atoms with Gasteiger partial charge in [0, 0.05) is 44.0 Å². The van der Waals surface area contributed by atoms with E-state index in [2.05, 4.69) is 51.5 Å². The fourth-order valence-electron chi connectivity index (χ4n) is 4.10. The number of phenolic OH excluding ortho intramolecular Hbond substituents is 1. The molecule has 0 atom stereocenters. The van der Waals surface area contributed by atoms with E-state index in [0.717, 1.165) is 49.6 Å². The second kappa shape index (κ2) is 11.9. The number of ether oxygens (including phenoxy) is 1. The largest absolute Gasteiger partial charge is 0.506 e. The van der Waals surface area contributed by atoms with Crippen molar-refractivity contribution in [3.8, 4) is 11.5 Å². The third kappa shape index (κ3) is 6.77. The lowest BCUT2D eigenvalue weighted by molar-refractivity contribution is 0.0955. The minimum Gasteiger partial charge on any atom is -0.506 e. The molecule has 1 aliphatic heterocycles. The molecule has 2 N–H and O–H groups in total. The Morgan fingerprint density at radius 1 is 1.08 bits per heavy atom. The number of aromatic hydroxyl groups is 1. The lowest BCUT2D eigenvalue weighted by Crippen LogP contribution is -2.47. The third-order valence-electron chi connectivity index (χ3n) is 6.24. The molecule has 0 saturated carbocycles. The number of hydrogen-bond acceptors (Lipinski definition) is 6. The Morgan fingerprint density at radius 3 is 2.61 bits per heavy atom. The predicted molar refractivity (Wildman–Crippen MR) is 145 cm³/mol. The van der Waals surface area contributed by atoms with Crippen LogP contribution in [0.5, 0.6) is 11.5 Å². The topological polar surface area (TPSA) is 77.4 Å². The first-order valence-corrected chi connectivity index (χ1v) is 12.4. The number of hydrogen-bond donors (Lipinski definition) is 2. The molecule has 8 heteroatoms. The molecule has 0 unspecified atom stereocenters. The summed E-state index contributed by atoms with van der Waals surface area (Å²) >= 11 is 5.85. The van der Waals surface area contributed by atoms with Crippen molar-refractivity contribution >= 4 is 29.4 Å². The number of halogens is 1. The number of nitrogens with one attached hydrogen (secondary N) is 1. The van der Waals surface area contributed by atoms with E-state index >= 15 is 0 Å². The predicted octanol–water partition coefficient (Wildman–Crippen LogP) is 4.63. The SMILES string of the molecule is Cc1cccc(N2CCN(CCOc3ccc(/C=N\NC(=O)c4ccc(O)c(Cl)c4)c(C)c3)CC2)c1. The van der Waals surface area contributed by atoms with Gasteiger partial charge in [0.15, 0.2) is 0 Å². The zero-order valence-electron chi connectivity index (χ0n) is 20.6. The summed E-state index contributed by atoms with van der Waals surface area (Å²) in [6.07, 6.45) is 1.59. The maximum atomic E-state index is 12.2. The highest BCUT2D eigenvalue weighted by atomic mass is 35.5. The maximum Gasteiger partial charge on any atom is 0.271 e. The minimum atomic E-state index is -0.412. The highest BCUT2D eigenvalue weighted by Gasteiger charge is 2.17. The third-order valence-corrected chi connectivity index (χ3v) is 6.54. The van der Waals surface area contributed by atoms with Crippen LogP contribution < -0.4 is 15.1 Å². The van der Waals surface area contributed by atoms with Crippen LogP contribution in [-0.2, 0) is 0 Å². The van der Waals surface area contributed by atoms with Crippen LogP contribution in [0.1, 0.15) is 27.0 Å². The van der Waals surface area contributed by atoms with Gasteiger partial charge in [-0.05, 0) is 79.1 Å². The maximum absolute atomic E-state index is 12.2. The number of nitrogens with zero attached hydrogens (tertiary/aromatic N) is 3. The molecular formula is C28H31ClN4O3. The molecule has 0 bridgehead atoms. The Hall–Kier alpha value is -3.55. The number of amides is 1. The molecule has 1 heterocycles. The second-order valence-corrected chi connectivity index (χ2v) is 9.31. The van der Waals surface area contributed by atoms with Crippen LogP contribution in [0, 0.1) is 13.8 Å². The number of benzene rings is 3. The molecule has 0 radical (unpaired) electrons. The van der Waals surface area contributed by atoms with Crippen LogP contribution in [0.4, 0.5) is 5.69 Å². The van der Waals surface area contributed by atoms with Crippen LogP contribution in [0.25, 0.3) is 0 Å². The Bertz CT molecular complexity index is 1240. The summed E-state index contributed by atoms with van der Waals surface area (Å²) < 4.78 is 5.99. The molecule has 0 aliphatic carbocycles. The number of hydrazone groups is 1. The number of anilines is 1. The standard InChI is InChI=1S/C28H31ClN4O3/c1-20-4-3-5-24(16-20)33-12-10-32(11-13-33)14-15-36-25-8-6-23(21(2)17-25)19-30-31-28(35)22-7-9-27(34)26(29)18-22/h3-9,16-19,34H,10-15H2,1-2H3,(H,31,35)/b30-19-. The summed E-state index contributed by atoms with van der Waals surface area (Å²) in [5, 5.41) is 13.6. The normalized spacial score (nSPS) is 14.2. The first-order valence-electron chi connectivity index (χ1n) is 12.0. The molecule has 1 aliphatic rings. The zero-order valence-corrected chi connectivity index (χ0v) is 21.3. The van der Waals surface area contributed by atoms with Crippen molar-refractivity contribution in [1.82, 2.24) is 10.3 Å². The fraction of sp³-hybridized carbons (Fsp3) is 0.286. The van der Waals surface area contributed by atoms with Crippen molar-refractivity contribution in [2.75, 3.05) is 44.2 Å². The molecule has 1 fully saturated rings. The van der Waals surface area contributed by atoms with Crippen LogP contribution in [0.15, 0.2) is 65.8 Å². The monoisotopic (exact) mass is 506 g/mol. The number of carbonyl (C=O) groups is 1. The van der Waals surface area contributed by atoms with Gasteiger partial charge >= 0.3 is 0 Å². The molecule has 4 rings (SSSR count). The molecule has 36 heavy (non-hydrogen) atoms. The van der Waals surface area contributed by atoms with Gasteiger partial charge in [0.1, 0.15) is 18.1 Å². The quantitative estimate of drug-likeness (QED) is 0.344. The van der Waals surface area contributed by atoms with Crippen molar-refractivity contribution in [3.63, 3.8) is 0 Å². The van der Waals surface area contributed by atoms with Gasteiger partial charge in [0.05, 0.1) is 11.2 Å². The van der Waals surface area contributed by atoms with Gasteiger partial charge in [-0.15, -0.1) is 0 Å². The van der Waals surface area contributed by atoms with E-state index in [4.69, 9.17) is 16.3 Å². The van der Waals surface area contributed by atoms with Crippen molar-refractivity contribution < 1.29 is 14.6 Å². The van der Waals surface area contributed by atoms with Crippen LogP contribution in [0.3, 0.4) is 0 Å². The number of aryl methyl sites for hydroxylation is 2. The first kappa shape index (κ1) is 25.5. The average Bonchev–Trinajstić information content (AvgIpc) is 2.87. The molecule has 3 aromatic rings. The minimum absolute atomic E-state index is 0.0738. The average molecular weight is 507 g/mol. The number of piperazine rings is 1. The van der Waals surface area contributed by atoms with Gasteiger partial charge in [-0.1, -0.05) is 23.7 Å². The zero-order chi connectivity index (χ0) is 25.5. The molecule has 188 valence electrons. The lowest BCUT2D eigenvalue weighted by Gasteiger charge is -2.36. The van der Waals surface area contributed by atoms with E-state index in [0.29, 0.717) is 12.2 Å². The lowest BCUT2D eigenvalue weighted by atomic mass is 10.1. The smallest absolute Gasteiger partial charge is 0.271 e. The summed E-state index contributed by atoms with van der Waals surface area (Å²) in [6, 6.07) is 18.7. The molecule has 1 amide bonds. The second-order valence-electron chi connectivity index (χ2n) is 8.90. The number of rotatable bonds is 8. The van der Waals surface area contributed by atoms with Gasteiger partial charge in [0.2, 0.25) is 0 Å². The summed E-state index contributed by atoms with van der Waals surface area (Å²) in [5.74, 6) is 0.326. The van der Waals surface area contributed by atoms with Gasteiger partial charge in [-0.25, -0.2) is 5.43 Å². The van der Waals surface area contributed by atoms with E-state index in [9.17, 15) is 9.90 Å². The van der Waals surface area contributed by atoms with Crippen molar-refractivity contribution in [2.45, 2.75) is 13.8 Å². The van der Waals surface area contributed by atoms with Gasteiger partial charge in [-0.3, -0.25) is 9.69 Å². The van der Waals surface area contributed by atoms with Crippen LogP contribution >= 0.6 is 11.6 Å². The van der Waals surface area contributed by atoms with E-state index in [1.807, 2.05) is 25.1 Å². The van der Waals surface area contributed by atoms with Crippen molar-refractivity contribution in [3.05, 3.63) is 87.9 Å². The number of phenols is 1. The first-order chi connectivity index (χ1) is 17.4. The van der Waals surface area contributed by atoms with E-state index in [-0.39, 0.29) is 10.8 Å². The number of carbonyl (C=O) groups excluding carboxylic acids is 1. The summed E-state index contributed by atoms with van der Waals surface area (Å²) in [4.78, 5) is 17.1. The molecule has 7 nitrogen and oxygen atoms in total.